The second kappa shape index (κ2) is 10.1. The van der Waals surface area contributed by atoms with Crippen molar-refractivity contribution in [2.45, 2.75) is 19.9 Å². The van der Waals surface area contributed by atoms with Gasteiger partial charge in [0.05, 0.1) is 42.7 Å². The van der Waals surface area contributed by atoms with E-state index in [0.29, 0.717) is 43.6 Å². The smallest absolute Gasteiger partial charge is 0.338 e. The number of esters is 1. The Morgan fingerprint density at radius 1 is 1.19 bits per heavy atom. The molecular formula is C26H23BrN2O7S. The van der Waals surface area contributed by atoms with Gasteiger partial charge in [-0.05, 0) is 55.3 Å². The topological polar surface area (TPSA) is 97.6 Å². The summed E-state index contributed by atoms with van der Waals surface area (Å²) in [5.41, 5.74) is 1.89. The van der Waals surface area contributed by atoms with E-state index in [-0.39, 0.29) is 24.5 Å². The van der Waals surface area contributed by atoms with Gasteiger partial charge in [-0.25, -0.2) is 9.79 Å². The van der Waals surface area contributed by atoms with E-state index in [4.69, 9.17) is 23.7 Å². The Balaban J connectivity index is 1.72. The Hall–Kier alpha value is -3.57. The van der Waals surface area contributed by atoms with E-state index >= 15 is 0 Å². The molecule has 5 rings (SSSR count). The fraction of sp³-hybridized carbons (Fsp3) is 0.269. The van der Waals surface area contributed by atoms with Gasteiger partial charge < -0.3 is 23.7 Å². The maximum atomic E-state index is 13.8. The van der Waals surface area contributed by atoms with Crippen molar-refractivity contribution < 1.29 is 28.5 Å². The van der Waals surface area contributed by atoms with Crippen LogP contribution in [0.15, 0.2) is 55.9 Å². The van der Waals surface area contributed by atoms with E-state index in [0.717, 1.165) is 10.0 Å². The lowest BCUT2D eigenvalue weighted by Crippen LogP contribution is -2.40. The first-order valence-corrected chi connectivity index (χ1v) is 13.0. The highest BCUT2D eigenvalue weighted by Gasteiger charge is 2.34. The van der Waals surface area contributed by atoms with Crippen LogP contribution in [0.3, 0.4) is 0 Å². The van der Waals surface area contributed by atoms with Crippen LogP contribution in [0.25, 0.3) is 6.08 Å². The molecular weight excluding hydrogens is 564 g/mol. The third kappa shape index (κ3) is 4.42. The van der Waals surface area contributed by atoms with Gasteiger partial charge >= 0.3 is 5.97 Å². The number of benzene rings is 2. The lowest BCUT2D eigenvalue weighted by atomic mass is 9.95. The van der Waals surface area contributed by atoms with Crippen LogP contribution in [0.5, 0.6) is 23.0 Å². The first-order chi connectivity index (χ1) is 17.9. The van der Waals surface area contributed by atoms with Crippen LogP contribution in [-0.2, 0) is 9.53 Å². The summed E-state index contributed by atoms with van der Waals surface area (Å²) >= 11 is 4.79. The number of allylic oxidation sites excluding steroid dienone is 1. The van der Waals surface area contributed by atoms with E-state index in [9.17, 15) is 9.59 Å². The third-order valence-corrected chi connectivity index (χ3v) is 7.69. The van der Waals surface area contributed by atoms with Gasteiger partial charge in [-0.3, -0.25) is 9.36 Å². The maximum absolute atomic E-state index is 13.8. The lowest BCUT2D eigenvalue weighted by molar-refractivity contribution is -0.139. The minimum absolute atomic E-state index is 0.147. The number of hydrogen-bond donors (Lipinski definition) is 0. The number of carbonyl (C=O) groups excluding carboxylic acids is 1. The van der Waals surface area contributed by atoms with Crippen molar-refractivity contribution in [2.75, 3.05) is 27.6 Å². The molecule has 3 heterocycles. The van der Waals surface area contributed by atoms with E-state index in [2.05, 4.69) is 20.9 Å². The largest absolute Gasteiger partial charge is 0.493 e. The first-order valence-electron chi connectivity index (χ1n) is 11.4. The van der Waals surface area contributed by atoms with Crippen molar-refractivity contribution in [3.63, 3.8) is 0 Å². The zero-order valence-electron chi connectivity index (χ0n) is 20.5. The Bertz CT molecular complexity index is 1620. The van der Waals surface area contributed by atoms with Crippen molar-refractivity contribution >= 4 is 39.3 Å². The summed E-state index contributed by atoms with van der Waals surface area (Å²) in [4.78, 5) is 32.0. The molecule has 37 heavy (non-hydrogen) atoms. The monoisotopic (exact) mass is 586 g/mol. The predicted octanol–water partition coefficient (Wildman–Crippen LogP) is 3.31. The second-order valence-corrected chi connectivity index (χ2v) is 10.0. The summed E-state index contributed by atoms with van der Waals surface area (Å²) in [6.07, 6.45) is 1.77. The summed E-state index contributed by atoms with van der Waals surface area (Å²) in [6, 6.07) is 8.15. The molecule has 3 aromatic rings. The number of fused-ring (bicyclic) bond motifs is 2. The van der Waals surface area contributed by atoms with Gasteiger partial charge in [-0.2, -0.15) is 0 Å². The molecule has 2 aliphatic rings. The highest BCUT2D eigenvalue weighted by molar-refractivity contribution is 9.10. The minimum atomic E-state index is -0.766. The van der Waals surface area contributed by atoms with E-state index in [1.165, 1.54) is 23.0 Å². The molecule has 11 heteroatoms. The Kier molecular flexibility index (Phi) is 6.82. The van der Waals surface area contributed by atoms with Crippen LogP contribution in [0, 0.1) is 0 Å². The van der Waals surface area contributed by atoms with Crippen molar-refractivity contribution in [1.82, 2.24) is 4.57 Å². The predicted molar refractivity (Wildman–Crippen MR) is 140 cm³/mol. The van der Waals surface area contributed by atoms with Crippen molar-refractivity contribution in [3.8, 4) is 23.0 Å². The number of hydrogen-bond acceptors (Lipinski definition) is 9. The minimum Gasteiger partial charge on any atom is -0.493 e. The average Bonchev–Trinajstić information content (AvgIpc) is 3.46. The molecule has 0 bridgehead atoms. The van der Waals surface area contributed by atoms with Gasteiger partial charge in [-0.1, -0.05) is 33.3 Å². The molecule has 0 amide bonds. The van der Waals surface area contributed by atoms with Crippen LogP contribution in [0.1, 0.15) is 31.0 Å². The zero-order valence-corrected chi connectivity index (χ0v) is 22.9. The number of nitrogens with zero attached hydrogens (tertiary/aromatic N) is 2. The fourth-order valence-electron chi connectivity index (χ4n) is 4.31. The summed E-state index contributed by atoms with van der Waals surface area (Å²) < 4.78 is 29.9. The fourth-order valence-corrected chi connectivity index (χ4v) is 5.79. The third-order valence-electron chi connectivity index (χ3n) is 6.02. The van der Waals surface area contributed by atoms with E-state index < -0.39 is 12.0 Å². The summed E-state index contributed by atoms with van der Waals surface area (Å²) in [5.74, 6) is 1.71. The molecule has 9 nitrogen and oxygen atoms in total. The van der Waals surface area contributed by atoms with Crippen molar-refractivity contribution in [2.24, 2.45) is 4.99 Å². The number of aromatic nitrogens is 1. The molecule has 0 saturated heterocycles. The number of ether oxygens (including phenoxy) is 5. The molecule has 0 fully saturated rings. The van der Waals surface area contributed by atoms with Crippen LogP contribution in [0.2, 0.25) is 0 Å². The molecule has 0 radical (unpaired) electrons. The van der Waals surface area contributed by atoms with Gasteiger partial charge in [0.1, 0.15) is 0 Å². The Morgan fingerprint density at radius 2 is 1.92 bits per heavy atom. The van der Waals surface area contributed by atoms with Crippen molar-refractivity contribution in [1.29, 1.82) is 0 Å². The Morgan fingerprint density at radius 3 is 2.62 bits per heavy atom. The maximum Gasteiger partial charge on any atom is 0.338 e. The van der Waals surface area contributed by atoms with Gasteiger partial charge in [0.15, 0.2) is 27.8 Å². The molecule has 0 saturated carbocycles. The van der Waals surface area contributed by atoms with Crippen LogP contribution < -0.4 is 33.8 Å². The van der Waals surface area contributed by atoms with Crippen LogP contribution in [0.4, 0.5) is 0 Å². The number of thiazole rings is 1. The lowest BCUT2D eigenvalue weighted by Gasteiger charge is -2.25. The summed E-state index contributed by atoms with van der Waals surface area (Å²) in [5, 5.41) is 0. The van der Waals surface area contributed by atoms with Crippen molar-refractivity contribution in [3.05, 3.63) is 76.9 Å². The molecule has 0 N–H and O–H groups in total. The average molecular weight is 587 g/mol. The molecule has 2 aromatic carbocycles. The SMILES string of the molecule is CCOC(=O)C1=C(C)N=c2s/c(=C/c3cc4c(cc3Br)OCO4)c(=O)n2[C@H]1c1ccc(OC)c(OC)c1. The van der Waals surface area contributed by atoms with Crippen LogP contribution >= 0.6 is 27.3 Å². The second-order valence-electron chi connectivity index (χ2n) is 8.14. The number of halogens is 1. The van der Waals surface area contributed by atoms with E-state index in [1.807, 2.05) is 6.07 Å². The van der Waals surface area contributed by atoms with Gasteiger partial charge in [0.2, 0.25) is 6.79 Å². The molecule has 1 aromatic heterocycles. The Labute approximate surface area is 224 Å². The standard InChI is InChI=1S/C26H23BrN2O7S/c1-5-34-25(31)22-13(2)28-26-29(23(22)14-6-7-17(32-3)18(8-14)33-4)24(30)21(37-26)10-15-9-19-20(11-16(15)27)36-12-35-19/h6-11,23H,5,12H2,1-4H3/b21-10+/t23-/m0/s1. The number of carbonyl (C=O) groups is 1. The molecule has 1 atom stereocenters. The van der Waals surface area contributed by atoms with Gasteiger partial charge in [0.25, 0.3) is 5.56 Å². The quantitative estimate of drug-likeness (QED) is 0.409. The zero-order chi connectivity index (χ0) is 26.3. The first kappa shape index (κ1) is 25.1. The summed E-state index contributed by atoms with van der Waals surface area (Å²) in [6.45, 7) is 3.81. The molecule has 0 spiro atoms. The van der Waals surface area contributed by atoms with E-state index in [1.54, 1.807) is 51.3 Å². The highest BCUT2D eigenvalue weighted by Crippen LogP contribution is 2.38. The molecule has 2 aliphatic heterocycles. The number of methoxy groups -OCH3 is 2. The molecule has 0 aliphatic carbocycles. The highest BCUT2D eigenvalue weighted by atomic mass is 79.9. The number of rotatable bonds is 6. The summed E-state index contributed by atoms with van der Waals surface area (Å²) in [7, 11) is 3.08. The molecule has 0 unspecified atom stereocenters. The van der Waals surface area contributed by atoms with Gasteiger partial charge in [0, 0.05) is 4.47 Å². The van der Waals surface area contributed by atoms with Crippen LogP contribution in [-0.4, -0.2) is 38.2 Å². The van der Waals surface area contributed by atoms with Gasteiger partial charge in [-0.15, -0.1) is 0 Å². The molecule has 192 valence electrons. The normalized spacial score (nSPS) is 16.4.